The van der Waals surface area contributed by atoms with E-state index in [0.29, 0.717) is 31.9 Å². The molecular weight excluding hydrogens is 601 g/mol. The van der Waals surface area contributed by atoms with Gasteiger partial charge >= 0.3 is 5.97 Å². The first kappa shape index (κ1) is 29.2. The lowest BCUT2D eigenvalue weighted by atomic mass is 9.93. The minimum atomic E-state index is -0.898. The maximum Gasteiger partial charge on any atom is 0.338 e. The van der Waals surface area contributed by atoms with E-state index in [1.165, 1.54) is 28.0 Å². The fourth-order valence-corrected chi connectivity index (χ4v) is 6.88. The molecule has 0 radical (unpaired) electrons. The number of nitrogens with zero attached hydrogens (tertiary/aromatic N) is 2. The number of aromatic amines is 1. The maximum atomic E-state index is 14.5. The van der Waals surface area contributed by atoms with Gasteiger partial charge in [-0.1, -0.05) is 96.3 Å². The fourth-order valence-electron chi connectivity index (χ4n) is 5.90. The molecule has 1 N–H and O–H groups in total. The predicted octanol–water partition coefficient (Wildman–Crippen LogP) is 6.23. The second-order valence-electron chi connectivity index (χ2n) is 10.6. The molecule has 0 saturated heterocycles. The first-order chi connectivity index (χ1) is 22.5. The summed E-state index contributed by atoms with van der Waals surface area (Å²) in [6.45, 7) is 1.86. The Morgan fingerprint density at radius 2 is 1.65 bits per heavy atom. The summed E-state index contributed by atoms with van der Waals surface area (Å²) in [5.74, 6) is -0.341. The summed E-state index contributed by atoms with van der Waals surface area (Å²) in [6, 6.07) is 29.9. The Labute approximate surface area is 267 Å². The summed E-state index contributed by atoms with van der Waals surface area (Å²) >= 11 is 1.23. The van der Waals surface area contributed by atoms with Gasteiger partial charge in [0, 0.05) is 16.5 Å². The lowest BCUT2D eigenvalue weighted by Crippen LogP contribution is -2.40. The average Bonchev–Trinajstić information content (AvgIpc) is 3.62. The van der Waals surface area contributed by atoms with Gasteiger partial charge in [-0.2, -0.15) is 0 Å². The molecule has 0 unspecified atom stereocenters. The van der Waals surface area contributed by atoms with Crippen molar-refractivity contribution in [1.82, 2.24) is 9.55 Å². The topological polar surface area (TPSA) is 85.7 Å². The van der Waals surface area contributed by atoms with Gasteiger partial charge in [-0.05, 0) is 42.3 Å². The van der Waals surface area contributed by atoms with E-state index in [4.69, 9.17) is 14.5 Å². The third-order valence-corrected chi connectivity index (χ3v) is 8.94. The van der Waals surface area contributed by atoms with Gasteiger partial charge in [0.1, 0.15) is 11.6 Å². The van der Waals surface area contributed by atoms with Crippen LogP contribution >= 0.6 is 11.3 Å². The van der Waals surface area contributed by atoms with E-state index in [0.717, 1.165) is 27.7 Å². The van der Waals surface area contributed by atoms with E-state index in [2.05, 4.69) is 4.98 Å². The molecule has 0 bridgehead atoms. The zero-order valence-corrected chi connectivity index (χ0v) is 25.8. The van der Waals surface area contributed by atoms with Crippen LogP contribution in [0.5, 0.6) is 5.75 Å². The van der Waals surface area contributed by atoms with Crippen LogP contribution in [-0.4, -0.2) is 29.2 Å². The molecule has 6 aromatic rings. The fraction of sp³-hybridized carbons (Fsp3) is 0.108. The summed E-state index contributed by atoms with van der Waals surface area (Å²) in [7, 11) is 1.62. The van der Waals surface area contributed by atoms with Gasteiger partial charge in [-0.3, -0.25) is 9.36 Å². The number of carbonyl (C=O) groups excluding carboxylic acids is 1. The predicted molar refractivity (Wildman–Crippen MR) is 178 cm³/mol. The summed E-state index contributed by atoms with van der Waals surface area (Å²) in [4.78, 5) is 37.0. The monoisotopic (exact) mass is 629 g/mol. The van der Waals surface area contributed by atoms with Crippen molar-refractivity contribution >= 4 is 40.0 Å². The molecule has 4 aromatic carbocycles. The molecule has 3 heterocycles. The van der Waals surface area contributed by atoms with Crippen molar-refractivity contribution in [2.75, 3.05) is 13.7 Å². The quantitative estimate of drug-likeness (QED) is 0.212. The van der Waals surface area contributed by atoms with Gasteiger partial charge in [0.25, 0.3) is 5.56 Å². The molecule has 7 nitrogen and oxygen atoms in total. The number of halogens is 1. The van der Waals surface area contributed by atoms with E-state index in [9.17, 15) is 14.0 Å². The maximum absolute atomic E-state index is 14.5. The van der Waals surface area contributed by atoms with E-state index in [1.54, 1.807) is 26.2 Å². The number of ether oxygens (including phenoxy) is 2. The lowest BCUT2D eigenvalue weighted by molar-refractivity contribution is -0.138. The Morgan fingerprint density at radius 1 is 0.957 bits per heavy atom. The Morgan fingerprint density at radius 3 is 2.33 bits per heavy atom. The second kappa shape index (κ2) is 12.1. The van der Waals surface area contributed by atoms with Gasteiger partial charge in [0.2, 0.25) is 0 Å². The number of para-hydroxylation sites is 1. The van der Waals surface area contributed by atoms with Crippen molar-refractivity contribution < 1.29 is 18.7 Å². The van der Waals surface area contributed by atoms with E-state index in [-0.39, 0.29) is 17.7 Å². The molecule has 0 aliphatic carbocycles. The molecule has 1 aliphatic heterocycles. The SMILES string of the molecule is CCOC(=O)C1=C(c2ccccc2)N=c2s/c(=C\c3c(-c4ccccc4)[nH]c4c(OC)cccc34)c(=O)n2[C@H]1c1ccc(F)cc1. The molecule has 0 amide bonds. The van der Waals surface area contributed by atoms with Gasteiger partial charge in [0.05, 0.1) is 46.8 Å². The summed E-state index contributed by atoms with van der Waals surface area (Å²) in [5.41, 5.74) is 4.94. The zero-order chi connectivity index (χ0) is 31.8. The van der Waals surface area contributed by atoms with Gasteiger partial charge < -0.3 is 14.5 Å². The number of hydrogen-bond acceptors (Lipinski definition) is 6. The van der Waals surface area contributed by atoms with Crippen molar-refractivity contribution in [3.63, 3.8) is 0 Å². The number of fused-ring (bicyclic) bond motifs is 2. The summed E-state index contributed by atoms with van der Waals surface area (Å²) in [5, 5.41) is 0.885. The van der Waals surface area contributed by atoms with Gasteiger partial charge in [-0.25, -0.2) is 14.2 Å². The van der Waals surface area contributed by atoms with E-state index in [1.807, 2.05) is 84.9 Å². The van der Waals surface area contributed by atoms with Crippen LogP contribution in [0.3, 0.4) is 0 Å². The normalized spacial score (nSPS) is 14.7. The molecule has 228 valence electrons. The third-order valence-electron chi connectivity index (χ3n) is 7.95. The Hall–Kier alpha value is -5.54. The van der Waals surface area contributed by atoms with Crippen LogP contribution in [0.15, 0.2) is 118 Å². The summed E-state index contributed by atoms with van der Waals surface area (Å²) < 4.78 is 27.2. The smallest absolute Gasteiger partial charge is 0.338 e. The minimum absolute atomic E-state index is 0.136. The molecule has 9 heteroatoms. The third kappa shape index (κ3) is 5.04. The molecule has 46 heavy (non-hydrogen) atoms. The summed E-state index contributed by atoms with van der Waals surface area (Å²) in [6.07, 6.45) is 1.86. The van der Waals surface area contributed by atoms with Crippen LogP contribution in [0.2, 0.25) is 0 Å². The number of H-pyrrole nitrogens is 1. The molecule has 0 spiro atoms. The number of nitrogens with one attached hydrogen (secondary N) is 1. The van der Waals surface area contributed by atoms with Crippen LogP contribution in [0.4, 0.5) is 4.39 Å². The highest BCUT2D eigenvalue weighted by Gasteiger charge is 2.35. The Bertz CT molecular complexity index is 2300. The second-order valence-corrected chi connectivity index (χ2v) is 11.7. The number of methoxy groups -OCH3 is 1. The number of hydrogen-bond donors (Lipinski definition) is 1. The zero-order valence-electron chi connectivity index (χ0n) is 25.0. The molecule has 2 aromatic heterocycles. The molecule has 1 atom stereocenters. The van der Waals surface area contributed by atoms with Crippen LogP contribution in [-0.2, 0) is 9.53 Å². The van der Waals surface area contributed by atoms with Crippen molar-refractivity contribution in [2.45, 2.75) is 13.0 Å². The van der Waals surface area contributed by atoms with Gasteiger partial charge in [0.15, 0.2) is 4.80 Å². The highest BCUT2D eigenvalue weighted by Crippen LogP contribution is 2.37. The number of benzene rings is 4. The number of aromatic nitrogens is 2. The molecule has 0 fully saturated rings. The van der Waals surface area contributed by atoms with Crippen LogP contribution in [0, 0.1) is 5.82 Å². The number of thiazole rings is 1. The Balaban J connectivity index is 1.54. The van der Waals surface area contributed by atoms with Crippen molar-refractivity contribution in [2.24, 2.45) is 4.99 Å². The average molecular weight is 630 g/mol. The van der Waals surface area contributed by atoms with Crippen molar-refractivity contribution in [1.29, 1.82) is 0 Å². The molecular formula is C37H28FN3O4S. The van der Waals surface area contributed by atoms with Crippen LogP contribution in [0.1, 0.15) is 29.7 Å². The van der Waals surface area contributed by atoms with E-state index < -0.39 is 17.8 Å². The number of carbonyl (C=O) groups is 1. The highest BCUT2D eigenvalue weighted by atomic mass is 32.1. The lowest BCUT2D eigenvalue weighted by Gasteiger charge is -2.25. The standard InChI is InChI=1S/C37H28FN3O4S/c1-3-45-36(43)30-32(23-13-8-5-9-14-23)40-37-41(34(30)24-17-19-25(38)20-18-24)35(42)29(46-37)21-27-26-15-10-16-28(44-2)33(26)39-31(27)22-11-6-4-7-12-22/h4-21,34,39H,3H2,1-2H3/b29-21-/t34-/m0/s1. The molecule has 0 saturated carbocycles. The largest absolute Gasteiger partial charge is 0.495 e. The molecule has 7 rings (SSSR count). The first-order valence-corrected chi connectivity index (χ1v) is 15.6. The minimum Gasteiger partial charge on any atom is -0.495 e. The first-order valence-electron chi connectivity index (χ1n) is 14.8. The van der Waals surface area contributed by atoms with Crippen molar-refractivity contribution in [3.8, 4) is 17.0 Å². The number of rotatable bonds is 7. The highest BCUT2D eigenvalue weighted by molar-refractivity contribution is 7.07. The van der Waals surface area contributed by atoms with Crippen molar-refractivity contribution in [3.05, 3.63) is 151 Å². The van der Waals surface area contributed by atoms with Crippen LogP contribution in [0.25, 0.3) is 33.9 Å². The molecule has 1 aliphatic rings. The van der Waals surface area contributed by atoms with Gasteiger partial charge in [-0.15, -0.1) is 0 Å². The number of esters is 1. The Kier molecular flexibility index (Phi) is 7.68. The van der Waals surface area contributed by atoms with E-state index >= 15 is 0 Å². The van der Waals surface area contributed by atoms with Crippen LogP contribution < -0.4 is 19.6 Å².